The van der Waals surface area contributed by atoms with Crippen LogP contribution in [-0.2, 0) is 14.4 Å². The Morgan fingerprint density at radius 2 is 1.89 bits per heavy atom. The summed E-state index contributed by atoms with van der Waals surface area (Å²) in [7, 11) is 0. The lowest BCUT2D eigenvalue weighted by Crippen LogP contribution is -2.53. The quantitative estimate of drug-likeness (QED) is 0.717. The largest absolute Gasteiger partial charge is 0.324 e. The Labute approximate surface area is 106 Å². The molecule has 98 valence electrons. The van der Waals surface area contributed by atoms with Crippen LogP contribution in [0, 0.1) is 17.8 Å². The van der Waals surface area contributed by atoms with Crippen molar-refractivity contribution in [3.05, 3.63) is 0 Å². The Balaban J connectivity index is 1.58. The molecule has 18 heavy (non-hydrogen) atoms. The fraction of sp³-hybridized carbons (Fsp3) is 0.769. The number of hydrogen-bond acceptors (Lipinski definition) is 3. The monoisotopic (exact) mass is 250 g/mol. The van der Waals surface area contributed by atoms with E-state index in [1.54, 1.807) is 0 Å². The second-order valence-electron chi connectivity index (χ2n) is 5.86. The number of piperazine rings is 1. The first-order valence-corrected chi connectivity index (χ1v) is 6.72. The summed E-state index contributed by atoms with van der Waals surface area (Å²) in [5, 5.41) is 2.21. The molecule has 1 heterocycles. The lowest BCUT2D eigenvalue weighted by atomic mass is 9.86. The van der Waals surface area contributed by atoms with Crippen LogP contribution in [0.1, 0.15) is 32.1 Å². The minimum Gasteiger partial charge on any atom is -0.324 e. The number of hydrogen-bond donors (Lipinski definition) is 1. The van der Waals surface area contributed by atoms with Gasteiger partial charge < -0.3 is 4.90 Å². The molecule has 5 heteroatoms. The second kappa shape index (κ2) is 4.37. The molecular formula is C13H18N2O3. The third kappa shape index (κ3) is 2.13. The molecule has 2 bridgehead atoms. The maximum atomic E-state index is 12.1. The molecule has 1 aliphatic heterocycles. The molecule has 2 aliphatic carbocycles. The van der Waals surface area contributed by atoms with Crippen LogP contribution >= 0.6 is 0 Å². The van der Waals surface area contributed by atoms with Crippen LogP contribution in [-0.4, -0.2) is 35.7 Å². The van der Waals surface area contributed by atoms with Crippen molar-refractivity contribution in [1.82, 2.24) is 10.2 Å². The third-order valence-electron chi connectivity index (χ3n) is 4.62. The predicted octanol–water partition coefficient (Wildman–Crippen LogP) is 0.298. The molecule has 0 radical (unpaired) electrons. The highest BCUT2D eigenvalue weighted by molar-refractivity contribution is 6.02. The first-order valence-electron chi connectivity index (χ1n) is 6.72. The maximum absolute atomic E-state index is 12.1. The summed E-state index contributed by atoms with van der Waals surface area (Å²) < 4.78 is 0. The third-order valence-corrected chi connectivity index (χ3v) is 4.62. The van der Waals surface area contributed by atoms with Crippen LogP contribution in [0.5, 0.6) is 0 Å². The number of nitrogens with zero attached hydrogens (tertiary/aromatic N) is 1. The Hall–Kier alpha value is -1.39. The summed E-state index contributed by atoms with van der Waals surface area (Å²) in [6.45, 7) is 0.0662. The van der Waals surface area contributed by atoms with Crippen molar-refractivity contribution in [2.75, 3.05) is 13.1 Å². The van der Waals surface area contributed by atoms with Gasteiger partial charge >= 0.3 is 0 Å². The van der Waals surface area contributed by atoms with Crippen molar-refractivity contribution in [2.45, 2.75) is 32.1 Å². The van der Waals surface area contributed by atoms with Crippen LogP contribution in [0.4, 0.5) is 0 Å². The van der Waals surface area contributed by atoms with Crippen LogP contribution < -0.4 is 5.32 Å². The molecule has 0 spiro atoms. The highest BCUT2D eigenvalue weighted by Crippen LogP contribution is 2.49. The van der Waals surface area contributed by atoms with E-state index < -0.39 is 0 Å². The molecule has 3 atom stereocenters. The number of imide groups is 1. The van der Waals surface area contributed by atoms with E-state index in [0.29, 0.717) is 18.3 Å². The van der Waals surface area contributed by atoms with E-state index in [1.807, 2.05) is 0 Å². The zero-order valence-electron chi connectivity index (χ0n) is 10.4. The lowest BCUT2D eigenvalue weighted by molar-refractivity contribution is -0.146. The van der Waals surface area contributed by atoms with E-state index in [4.69, 9.17) is 0 Å². The predicted molar refractivity (Wildman–Crippen MR) is 63.3 cm³/mol. The van der Waals surface area contributed by atoms with Gasteiger partial charge in [-0.25, -0.2) is 0 Å². The summed E-state index contributed by atoms with van der Waals surface area (Å²) in [6, 6.07) is 0. The summed E-state index contributed by atoms with van der Waals surface area (Å²) in [4.78, 5) is 36.0. The zero-order chi connectivity index (χ0) is 12.7. The molecule has 3 aliphatic rings. The number of carbonyl (C=O) groups is 3. The molecule has 1 saturated heterocycles. The van der Waals surface area contributed by atoms with Crippen LogP contribution in [0.25, 0.3) is 0 Å². The fourth-order valence-corrected chi connectivity index (χ4v) is 3.79. The molecule has 2 saturated carbocycles. The lowest BCUT2D eigenvalue weighted by Gasteiger charge is -2.28. The number of carbonyl (C=O) groups excluding carboxylic acids is 3. The van der Waals surface area contributed by atoms with Gasteiger partial charge in [-0.1, -0.05) is 6.42 Å². The number of amides is 3. The van der Waals surface area contributed by atoms with E-state index in [2.05, 4.69) is 5.32 Å². The molecule has 1 N–H and O–H groups in total. The Kier molecular flexibility index (Phi) is 2.84. The van der Waals surface area contributed by atoms with Gasteiger partial charge in [0.1, 0.15) is 13.1 Å². The molecular weight excluding hydrogens is 232 g/mol. The van der Waals surface area contributed by atoms with Crippen LogP contribution in [0.15, 0.2) is 0 Å². The van der Waals surface area contributed by atoms with E-state index in [9.17, 15) is 14.4 Å². The molecule has 3 amide bonds. The van der Waals surface area contributed by atoms with Gasteiger partial charge in [-0.15, -0.1) is 0 Å². The van der Waals surface area contributed by atoms with Gasteiger partial charge in [-0.2, -0.15) is 0 Å². The summed E-state index contributed by atoms with van der Waals surface area (Å²) in [6.07, 6.45) is 5.52. The topological polar surface area (TPSA) is 66.5 Å². The van der Waals surface area contributed by atoms with Crippen molar-refractivity contribution in [3.8, 4) is 0 Å². The van der Waals surface area contributed by atoms with E-state index >= 15 is 0 Å². The summed E-state index contributed by atoms with van der Waals surface area (Å²) >= 11 is 0. The second-order valence-corrected chi connectivity index (χ2v) is 5.86. The molecule has 5 nitrogen and oxygen atoms in total. The van der Waals surface area contributed by atoms with E-state index in [0.717, 1.165) is 12.3 Å². The van der Waals surface area contributed by atoms with Crippen LogP contribution in [0.2, 0.25) is 0 Å². The molecule has 3 rings (SSSR count). The molecule has 0 aromatic rings. The van der Waals surface area contributed by atoms with Crippen molar-refractivity contribution < 1.29 is 14.4 Å². The summed E-state index contributed by atoms with van der Waals surface area (Å²) in [5.74, 6) is 1.24. The maximum Gasteiger partial charge on any atom is 0.246 e. The molecule has 0 aromatic carbocycles. The molecule has 3 fully saturated rings. The van der Waals surface area contributed by atoms with Gasteiger partial charge in [0.15, 0.2) is 0 Å². The highest BCUT2D eigenvalue weighted by Gasteiger charge is 2.41. The minimum absolute atomic E-state index is 0.0317. The van der Waals surface area contributed by atoms with Crippen molar-refractivity contribution >= 4 is 17.7 Å². The summed E-state index contributed by atoms with van der Waals surface area (Å²) in [5.41, 5.74) is 0. The van der Waals surface area contributed by atoms with Gasteiger partial charge in [-0.3, -0.25) is 19.7 Å². The zero-order valence-corrected chi connectivity index (χ0v) is 10.4. The van der Waals surface area contributed by atoms with Crippen molar-refractivity contribution in [3.63, 3.8) is 0 Å². The Morgan fingerprint density at radius 3 is 2.44 bits per heavy atom. The van der Waals surface area contributed by atoms with Gasteiger partial charge in [0, 0.05) is 6.42 Å². The van der Waals surface area contributed by atoms with Gasteiger partial charge in [-0.05, 0) is 37.0 Å². The number of nitrogens with one attached hydrogen (secondary N) is 1. The Bertz CT molecular complexity index is 391. The minimum atomic E-state index is -0.368. The normalized spacial score (nSPS) is 34.9. The van der Waals surface area contributed by atoms with Gasteiger partial charge in [0.05, 0.1) is 0 Å². The van der Waals surface area contributed by atoms with Gasteiger partial charge in [0.2, 0.25) is 17.7 Å². The molecule has 0 aromatic heterocycles. The van der Waals surface area contributed by atoms with E-state index in [-0.39, 0.29) is 30.8 Å². The SMILES string of the molecule is O=C1CN(C(=O)CC2CC3CCC2C3)CC(=O)N1. The first kappa shape index (κ1) is 11.7. The highest BCUT2D eigenvalue weighted by atomic mass is 16.2. The van der Waals surface area contributed by atoms with Gasteiger partial charge in [0.25, 0.3) is 0 Å². The number of rotatable bonds is 2. The standard InChI is InChI=1S/C13H18N2O3/c16-11-6-15(7-12(17)14-11)13(18)5-10-4-8-1-2-9(10)3-8/h8-10H,1-7H2,(H,14,16,17). The first-order chi connectivity index (χ1) is 8.61. The average Bonchev–Trinajstić information content (AvgIpc) is 2.89. The smallest absolute Gasteiger partial charge is 0.246 e. The molecule has 3 unspecified atom stereocenters. The Morgan fingerprint density at radius 1 is 1.17 bits per heavy atom. The van der Waals surface area contributed by atoms with Crippen molar-refractivity contribution in [2.24, 2.45) is 17.8 Å². The van der Waals surface area contributed by atoms with Crippen molar-refractivity contribution in [1.29, 1.82) is 0 Å². The van der Waals surface area contributed by atoms with E-state index in [1.165, 1.54) is 24.2 Å². The van der Waals surface area contributed by atoms with Crippen LogP contribution in [0.3, 0.4) is 0 Å². The fourth-order valence-electron chi connectivity index (χ4n) is 3.79. The number of fused-ring (bicyclic) bond motifs is 2. The average molecular weight is 250 g/mol.